The first kappa shape index (κ1) is 16.1. The molecule has 0 saturated heterocycles. The lowest BCUT2D eigenvalue weighted by molar-refractivity contribution is -0.126. The van der Waals surface area contributed by atoms with Crippen LogP contribution in [0.15, 0.2) is 18.2 Å². The Morgan fingerprint density at radius 3 is 2.45 bits per heavy atom. The monoisotopic (exact) mass is 284 g/mol. The second kappa shape index (κ2) is 7.57. The molecule has 0 aliphatic heterocycles. The molecule has 2 amide bonds. The summed E-state index contributed by atoms with van der Waals surface area (Å²) in [6, 6.07) is 3.00. The summed E-state index contributed by atoms with van der Waals surface area (Å²) in [7, 11) is 0. The predicted octanol–water partition coefficient (Wildman–Crippen LogP) is 2.46. The van der Waals surface area contributed by atoms with Gasteiger partial charge >= 0.3 is 0 Å². The first-order valence-corrected chi connectivity index (χ1v) is 6.40. The average molecular weight is 284 g/mol. The number of anilines is 1. The summed E-state index contributed by atoms with van der Waals surface area (Å²) in [5.41, 5.74) is 0.115. The van der Waals surface area contributed by atoms with Crippen molar-refractivity contribution in [2.75, 3.05) is 11.9 Å². The lowest BCUT2D eigenvalue weighted by Crippen LogP contribution is -2.29. The van der Waals surface area contributed by atoms with Gasteiger partial charge in [-0.25, -0.2) is 8.78 Å². The van der Waals surface area contributed by atoms with Crippen LogP contribution < -0.4 is 10.6 Å². The number of carbonyl (C=O) groups is 2. The minimum Gasteiger partial charge on any atom is -0.356 e. The van der Waals surface area contributed by atoms with Crippen LogP contribution in [0.2, 0.25) is 0 Å². The van der Waals surface area contributed by atoms with E-state index in [4.69, 9.17) is 0 Å². The molecule has 0 atom stereocenters. The molecule has 0 aliphatic rings. The number of benzene rings is 1. The fraction of sp³-hybridized carbons (Fsp3) is 0.429. The number of rotatable bonds is 6. The summed E-state index contributed by atoms with van der Waals surface area (Å²) in [5.74, 6) is -2.55. The van der Waals surface area contributed by atoms with Crippen LogP contribution in [0, 0.1) is 17.6 Å². The lowest BCUT2D eigenvalue weighted by atomic mass is 10.1. The van der Waals surface area contributed by atoms with E-state index in [2.05, 4.69) is 10.6 Å². The average Bonchev–Trinajstić information content (AvgIpc) is 2.33. The molecular formula is C14H18F2N2O2. The summed E-state index contributed by atoms with van der Waals surface area (Å²) < 4.78 is 25.6. The molecule has 0 fully saturated rings. The molecule has 0 spiro atoms. The van der Waals surface area contributed by atoms with Crippen LogP contribution in [0.4, 0.5) is 14.5 Å². The van der Waals surface area contributed by atoms with Crippen molar-refractivity contribution in [1.82, 2.24) is 5.32 Å². The third-order valence-electron chi connectivity index (χ3n) is 2.57. The standard InChI is InChI=1S/C14H18F2N2O2/c1-9(2)5-6-17-13(19)8-14(20)18-10-3-4-11(15)12(16)7-10/h3-4,7,9H,5-6,8H2,1-2H3,(H,17,19)(H,18,20). The van der Waals surface area contributed by atoms with E-state index in [1.54, 1.807) is 0 Å². The van der Waals surface area contributed by atoms with Crippen molar-refractivity contribution >= 4 is 17.5 Å². The first-order valence-electron chi connectivity index (χ1n) is 6.40. The number of carbonyl (C=O) groups excluding carboxylic acids is 2. The molecule has 20 heavy (non-hydrogen) atoms. The van der Waals surface area contributed by atoms with E-state index in [1.807, 2.05) is 13.8 Å². The van der Waals surface area contributed by atoms with Gasteiger partial charge in [0.05, 0.1) is 0 Å². The minimum atomic E-state index is -1.05. The van der Waals surface area contributed by atoms with Crippen molar-refractivity contribution in [3.63, 3.8) is 0 Å². The highest BCUT2D eigenvalue weighted by molar-refractivity contribution is 6.03. The summed E-state index contributed by atoms with van der Waals surface area (Å²) in [5, 5.41) is 4.95. The summed E-state index contributed by atoms with van der Waals surface area (Å²) in [4.78, 5) is 23.0. The molecule has 0 aromatic heterocycles. The van der Waals surface area contributed by atoms with Crippen molar-refractivity contribution in [1.29, 1.82) is 0 Å². The quantitative estimate of drug-likeness (QED) is 0.788. The second-order valence-corrected chi connectivity index (χ2v) is 4.89. The Morgan fingerprint density at radius 1 is 1.15 bits per heavy atom. The molecule has 1 rings (SSSR count). The largest absolute Gasteiger partial charge is 0.356 e. The van der Waals surface area contributed by atoms with Gasteiger partial charge in [-0.3, -0.25) is 9.59 Å². The van der Waals surface area contributed by atoms with Gasteiger partial charge in [-0.05, 0) is 24.5 Å². The maximum atomic E-state index is 12.9. The molecule has 0 saturated carbocycles. The Hall–Kier alpha value is -1.98. The molecule has 2 N–H and O–H groups in total. The SMILES string of the molecule is CC(C)CCNC(=O)CC(=O)Nc1ccc(F)c(F)c1. The third kappa shape index (κ3) is 5.77. The smallest absolute Gasteiger partial charge is 0.233 e. The third-order valence-corrected chi connectivity index (χ3v) is 2.57. The van der Waals surface area contributed by atoms with Gasteiger partial charge in [0.25, 0.3) is 0 Å². The molecule has 0 unspecified atom stereocenters. The normalized spacial score (nSPS) is 10.4. The van der Waals surface area contributed by atoms with Crippen molar-refractivity contribution in [2.45, 2.75) is 26.7 Å². The van der Waals surface area contributed by atoms with E-state index in [9.17, 15) is 18.4 Å². The van der Waals surface area contributed by atoms with Crippen molar-refractivity contribution in [3.8, 4) is 0 Å². The highest BCUT2D eigenvalue weighted by Crippen LogP contribution is 2.13. The summed E-state index contributed by atoms with van der Waals surface area (Å²) in [6.07, 6.45) is 0.480. The Bertz CT molecular complexity index is 490. The number of nitrogens with one attached hydrogen (secondary N) is 2. The van der Waals surface area contributed by atoms with Crippen LogP contribution >= 0.6 is 0 Å². The van der Waals surface area contributed by atoms with Gasteiger partial charge in [0.2, 0.25) is 11.8 Å². The first-order chi connectivity index (χ1) is 9.38. The summed E-state index contributed by atoms with van der Waals surface area (Å²) in [6.45, 7) is 4.57. The maximum Gasteiger partial charge on any atom is 0.233 e. The van der Waals surface area contributed by atoms with Crippen LogP contribution in [-0.4, -0.2) is 18.4 Å². The zero-order valence-electron chi connectivity index (χ0n) is 11.5. The fourth-order valence-corrected chi connectivity index (χ4v) is 1.49. The van der Waals surface area contributed by atoms with Crippen molar-refractivity contribution in [3.05, 3.63) is 29.8 Å². The number of hydrogen-bond donors (Lipinski definition) is 2. The Labute approximate surface area is 116 Å². The molecule has 1 aromatic rings. The molecule has 0 heterocycles. The van der Waals surface area contributed by atoms with E-state index >= 15 is 0 Å². The molecule has 4 nitrogen and oxygen atoms in total. The molecule has 1 aromatic carbocycles. The van der Waals surface area contributed by atoms with Gasteiger partial charge in [-0.2, -0.15) is 0 Å². The highest BCUT2D eigenvalue weighted by atomic mass is 19.2. The highest BCUT2D eigenvalue weighted by Gasteiger charge is 2.10. The van der Waals surface area contributed by atoms with E-state index in [-0.39, 0.29) is 12.1 Å². The van der Waals surface area contributed by atoms with E-state index in [0.29, 0.717) is 12.5 Å². The Kier molecular flexibility index (Phi) is 6.09. The molecule has 6 heteroatoms. The van der Waals surface area contributed by atoms with Gasteiger partial charge in [-0.15, -0.1) is 0 Å². The molecule has 0 bridgehead atoms. The van der Waals surface area contributed by atoms with Gasteiger partial charge < -0.3 is 10.6 Å². The van der Waals surface area contributed by atoms with Gasteiger partial charge in [0.15, 0.2) is 11.6 Å². The van der Waals surface area contributed by atoms with E-state index < -0.39 is 23.4 Å². The Morgan fingerprint density at radius 2 is 1.85 bits per heavy atom. The predicted molar refractivity (Wildman–Crippen MR) is 72.1 cm³/mol. The maximum absolute atomic E-state index is 12.9. The zero-order valence-corrected chi connectivity index (χ0v) is 11.5. The van der Waals surface area contributed by atoms with Crippen LogP contribution in [0.3, 0.4) is 0 Å². The van der Waals surface area contributed by atoms with Gasteiger partial charge in [0.1, 0.15) is 6.42 Å². The summed E-state index contributed by atoms with van der Waals surface area (Å²) >= 11 is 0. The minimum absolute atomic E-state index is 0.115. The van der Waals surface area contributed by atoms with Crippen molar-refractivity contribution in [2.24, 2.45) is 5.92 Å². The zero-order chi connectivity index (χ0) is 15.1. The number of halogens is 2. The van der Waals surface area contributed by atoms with Gasteiger partial charge in [-0.1, -0.05) is 13.8 Å². The van der Waals surface area contributed by atoms with E-state index in [0.717, 1.165) is 18.6 Å². The topological polar surface area (TPSA) is 58.2 Å². The fourth-order valence-electron chi connectivity index (χ4n) is 1.49. The number of hydrogen-bond acceptors (Lipinski definition) is 2. The van der Waals surface area contributed by atoms with Gasteiger partial charge in [0, 0.05) is 18.3 Å². The Balaban J connectivity index is 2.39. The van der Waals surface area contributed by atoms with Crippen LogP contribution in [-0.2, 0) is 9.59 Å². The lowest BCUT2D eigenvalue weighted by Gasteiger charge is -2.08. The van der Waals surface area contributed by atoms with Crippen LogP contribution in [0.25, 0.3) is 0 Å². The van der Waals surface area contributed by atoms with E-state index in [1.165, 1.54) is 6.07 Å². The molecule has 0 radical (unpaired) electrons. The molecule has 110 valence electrons. The second-order valence-electron chi connectivity index (χ2n) is 4.89. The molecular weight excluding hydrogens is 266 g/mol. The van der Waals surface area contributed by atoms with Crippen LogP contribution in [0.5, 0.6) is 0 Å². The molecule has 0 aliphatic carbocycles. The van der Waals surface area contributed by atoms with Crippen LogP contribution in [0.1, 0.15) is 26.7 Å². The number of amides is 2. The van der Waals surface area contributed by atoms with Crippen molar-refractivity contribution < 1.29 is 18.4 Å².